The van der Waals surface area contributed by atoms with Crippen LogP contribution in [0, 0.1) is 5.92 Å². The zero-order chi connectivity index (χ0) is 22.9. The van der Waals surface area contributed by atoms with Gasteiger partial charge in [-0.2, -0.15) is 5.10 Å². The van der Waals surface area contributed by atoms with E-state index in [9.17, 15) is 9.59 Å². The largest absolute Gasteiger partial charge is 0.497 e. The van der Waals surface area contributed by atoms with Gasteiger partial charge in [0.2, 0.25) is 11.8 Å². The van der Waals surface area contributed by atoms with E-state index < -0.39 is 0 Å². The highest BCUT2D eigenvalue weighted by Crippen LogP contribution is 2.24. The van der Waals surface area contributed by atoms with Crippen molar-refractivity contribution in [2.45, 2.75) is 25.7 Å². The third kappa shape index (κ3) is 3.99. The Balaban J connectivity index is 1.32. The summed E-state index contributed by atoms with van der Waals surface area (Å²) in [7, 11) is 1.64. The van der Waals surface area contributed by atoms with E-state index in [0.717, 1.165) is 28.3 Å². The molecule has 0 aliphatic carbocycles. The van der Waals surface area contributed by atoms with Crippen LogP contribution in [0.25, 0.3) is 22.4 Å². The molecule has 0 atom stereocenters. The van der Waals surface area contributed by atoms with Gasteiger partial charge in [-0.3, -0.25) is 14.0 Å². The van der Waals surface area contributed by atoms with Crippen LogP contribution in [-0.2, 0) is 16.0 Å². The van der Waals surface area contributed by atoms with Crippen LogP contribution in [0.5, 0.6) is 5.75 Å². The average molecular weight is 447 g/mol. The van der Waals surface area contributed by atoms with Crippen LogP contribution >= 0.6 is 0 Å². The Morgan fingerprint density at radius 3 is 2.58 bits per heavy atom. The lowest BCUT2D eigenvalue weighted by Gasteiger charge is -2.30. The van der Waals surface area contributed by atoms with Gasteiger partial charge in [0.1, 0.15) is 17.1 Å². The summed E-state index contributed by atoms with van der Waals surface area (Å²) in [5, 5.41) is 13.3. The Labute approximate surface area is 190 Å². The smallest absolute Gasteiger partial charge is 0.223 e. The molecule has 4 aromatic rings. The van der Waals surface area contributed by atoms with Crippen molar-refractivity contribution in [3.8, 4) is 17.0 Å². The fourth-order valence-corrected chi connectivity index (χ4v) is 4.32. The van der Waals surface area contributed by atoms with Gasteiger partial charge >= 0.3 is 0 Å². The number of rotatable bonds is 6. The number of methoxy groups -OCH3 is 1. The Bertz CT molecular complexity index is 1320. The minimum absolute atomic E-state index is 0.0573. The number of nitrogens with zero attached hydrogens (tertiary/aromatic N) is 6. The number of aryl methyl sites for hydroxylation is 1. The molecule has 4 heterocycles. The lowest BCUT2D eigenvalue weighted by molar-refractivity contribution is -0.134. The van der Waals surface area contributed by atoms with Gasteiger partial charge < -0.3 is 15.4 Å². The summed E-state index contributed by atoms with van der Waals surface area (Å²) in [6.07, 6.45) is 5.80. The number of piperidine rings is 1. The molecule has 33 heavy (non-hydrogen) atoms. The van der Waals surface area contributed by atoms with E-state index in [-0.39, 0.29) is 17.7 Å². The summed E-state index contributed by atoms with van der Waals surface area (Å²) in [4.78, 5) is 25.8. The molecule has 1 aliphatic rings. The molecule has 1 fully saturated rings. The van der Waals surface area contributed by atoms with Gasteiger partial charge in [-0.1, -0.05) is 0 Å². The van der Waals surface area contributed by atoms with Crippen LogP contribution in [0.3, 0.4) is 0 Å². The third-order valence-corrected chi connectivity index (χ3v) is 6.29. The van der Waals surface area contributed by atoms with E-state index in [1.807, 2.05) is 47.1 Å². The number of nitrogens with two attached hydrogens (primary N) is 1. The first kappa shape index (κ1) is 20.9. The number of carbonyl (C=O) groups is 2. The van der Waals surface area contributed by atoms with Gasteiger partial charge in [0.15, 0.2) is 5.65 Å². The second-order valence-corrected chi connectivity index (χ2v) is 8.25. The molecule has 3 aromatic heterocycles. The highest BCUT2D eigenvalue weighted by Gasteiger charge is 2.26. The van der Waals surface area contributed by atoms with Crippen LogP contribution in [0.1, 0.15) is 25.1 Å². The van der Waals surface area contributed by atoms with E-state index in [2.05, 4.69) is 15.3 Å². The number of amides is 2. The molecule has 0 spiro atoms. The van der Waals surface area contributed by atoms with Gasteiger partial charge in [-0.15, -0.1) is 10.2 Å². The number of likely N-dealkylation sites (tertiary alicyclic amines) is 1. The van der Waals surface area contributed by atoms with Crippen molar-refractivity contribution in [1.82, 2.24) is 29.1 Å². The van der Waals surface area contributed by atoms with Crippen LogP contribution in [-0.4, -0.2) is 61.1 Å². The van der Waals surface area contributed by atoms with Crippen LogP contribution in [0.2, 0.25) is 0 Å². The third-order valence-electron chi connectivity index (χ3n) is 6.29. The Kier molecular flexibility index (Phi) is 5.41. The molecular formula is C23H25N7O3. The summed E-state index contributed by atoms with van der Waals surface area (Å²) >= 11 is 0. The summed E-state index contributed by atoms with van der Waals surface area (Å²) in [5.41, 5.74) is 8.70. The maximum atomic E-state index is 12.7. The monoisotopic (exact) mass is 447 g/mol. The minimum Gasteiger partial charge on any atom is -0.497 e. The molecule has 10 nitrogen and oxygen atoms in total. The van der Waals surface area contributed by atoms with Gasteiger partial charge in [0.25, 0.3) is 0 Å². The van der Waals surface area contributed by atoms with Crippen molar-refractivity contribution in [3.63, 3.8) is 0 Å². The number of hydrogen-bond donors (Lipinski definition) is 1. The molecule has 0 saturated carbocycles. The molecule has 2 amide bonds. The predicted molar refractivity (Wildman–Crippen MR) is 121 cm³/mol. The van der Waals surface area contributed by atoms with Crippen molar-refractivity contribution in [2.75, 3.05) is 20.2 Å². The summed E-state index contributed by atoms with van der Waals surface area (Å²) in [6, 6.07) is 9.70. The fourth-order valence-electron chi connectivity index (χ4n) is 4.32. The van der Waals surface area contributed by atoms with Crippen molar-refractivity contribution < 1.29 is 14.3 Å². The Morgan fingerprint density at radius 2 is 1.88 bits per heavy atom. The van der Waals surface area contributed by atoms with Crippen LogP contribution < -0.4 is 10.5 Å². The normalized spacial score (nSPS) is 14.8. The SMILES string of the molecule is COc1ccc(-c2cc3c4nnc(CCC(=O)N5CCC(C(N)=O)CC5)n4ccn3n2)cc1. The number of primary amides is 1. The first-order valence-electron chi connectivity index (χ1n) is 11.0. The highest BCUT2D eigenvalue weighted by molar-refractivity contribution is 5.79. The molecule has 0 bridgehead atoms. The minimum atomic E-state index is -0.279. The number of benzene rings is 1. The summed E-state index contributed by atoms with van der Waals surface area (Å²) in [6.45, 7) is 1.13. The average Bonchev–Trinajstić information content (AvgIpc) is 3.46. The van der Waals surface area contributed by atoms with Gasteiger partial charge in [0, 0.05) is 49.8 Å². The topological polar surface area (TPSA) is 120 Å². The molecule has 170 valence electrons. The quantitative estimate of drug-likeness (QED) is 0.480. The number of hydrogen-bond acceptors (Lipinski definition) is 6. The van der Waals surface area contributed by atoms with Crippen molar-refractivity contribution in [1.29, 1.82) is 0 Å². The molecule has 1 aromatic carbocycles. The molecule has 0 unspecified atom stereocenters. The summed E-state index contributed by atoms with van der Waals surface area (Å²) < 4.78 is 8.91. The molecule has 1 aliphatic heterocycles. The van der Waals surface area contributed by atoms with Gasteiger partial charge in [-0.25, -0.2) is 4.52 Å². The van der Waals surface area contributed by atoms with E-state index in [0.29, 0.717) is 44.4 Å². The number of carbonyl (C=O) groups excluding carboxylic acids is 2. The standard InChI is InChI=1S/C23H25N7O3/c1-33-17-4-2-15(3-5-17)18-14-19-23-26-25-20(29(23)12-13-30(19)27-18)6-7-21(31)28-10-8-16(9-11-28)22(24)32/h2-5,12-14,16H,6-11H2,1H3,(H2,24,32). The van der Waals surface area contributed by atoms with E-state index in [4.69, 9.17) is 10.5 Å². The molecule has 5 rings (SSSR count). The number of fused-ring (bicyclic) bond motifs is 3. The molecule has 1 saturated heterocycles. The van der Waals surface area contributed by atoms with Crippen molar-refractivity contribution in [3.05, 3.63) is 48.5 Å². The van der Waals surface area contributed by atoms with E-state index >= 15 is 0 Å². The van der Waals surface area contributed by atoms with Gasteiger partial charge in [-0.05, 0) is 43.2 Å². The molecule has 2 N–H and O–H groups in total. The predicted octanol–water partition coefficient (Wildman–Crippen LogP) is 1.71. The lowest BCUT2D eigenvalue weighted by atomic mass is 9.96. The van der Waals surface area contributed by atoms with Crippen LogP contribution in [0.4, 0.5) is 0 Å². The highest BCUT2D eigenvalue weighted by atomic mass is 16.5. The Morgan fingerprint density at radius 1 is 1.12 bits per heavy atom. The summed E-state index contributed by atoms with van der Waals surface area (Å²) in [5.74, 6) is 1.16. The van der Waals surface area contributed by atoms with Gasteiger partial charge in [0.05, 0.1) is 12.8 Å². The van der Waals surface area contributed by atoms with E-state index in [1.54, 1.807) is 16.5 Å². The zero-order valence-electron chi connectivity index (χ0n) is 18.3. The maximum absolute atomic E-state index is 12.7. The first-order chi connectivity index (χ1) is 16.0. The molecular weight excluding hydrogens is 422 g/mol. The number of aromatic nitrogens is 5. The molecule has 0 radical (unpaired) electrons. The second kappa shape index (κ2) is 8.53. The van der Waals surface area contributed by atoms with Crippen molar-refractivity contribution >= 4 is 23.0 Å². The molecule has 10 heteroatoms. The van der Waals surface area contributed by atoms with Crippen molar-refractivity contribution in [2.24, 2.45) is 11.7 Å². The lowest BCUT2D eigenvalue weighted by Crippen LogP contribution is -2.41. The second-order valence-electron chi connectivity index (χ2n) is 8.25. The fraction of sp³-hybridized carbons (Fsp3) is 0.348. The zero-order valence-corrected chi connectivity index (χ0v) is 18.3. The Hall–Kier alpha value is -3.95. The van der Waals surface area contributed by atoms with Crippen LogP contribution in [0.15, 0.2) is 42.7 Å². The number of ether oxygens (including phenoxy) is 1. The first-order valence-corrected chi connectivity index (χ1v) is 11.0. The maximum Gasteiger partial charge on any atom is 0.223 e. The van der Waals surface area contributed by atoms with E-state index in [1.165, 1.54) is 0 Å².